The highest BCUT2D eigenvalue weighted by Crippen LogP contribution is 2.23. The SMILES string of the molecule is Cc1cc(C(=O)NC2CCCCCCC2C(=O)O)on1. The Kier molecular flexibility index (Phi) is 4.76. The Hall–Kier alpha value is -1.85. The molecule has 0 saturated heterocycles. The van der Waals surface area contributed by atoms with Crippen LogP contribution in [-0.2, 0) is 4.79 Å². The van der Waals surface area contributed by atoms with Crippen molar-refractivity contribution in [2.45, 2.75) is 51.5 Å². The van der Waals surface area contributed by atoms with Gasteiger partial charge in [-0.3, -0.25) is 9.59 Å². The molecule has 1 aromatic heterocycles. The summed E-state index contributed by atoms with van der Waals surface area (Å²) >= 11 is 0. The molecule has 1 amide bonds. The van der Waals surface area contributed by atoms with Crippen molar-refractivity contribution in [2.24, 2.45) is 5.92 Å². The summed E-state index contributed by atoms with van der Waals surface area (Å²) in [5.74, 6) is -1.62. The van der Waals surface area contributed by atoms with Crippen LogP contribution in [-0.4, -0.2) is 28.2 Å². The molecule has 1 aliphatic rings. The number of amides is 1. The lowest BCUT2D eigenvalue weighted by molar-refractivity contribution is -0.143. The minimum Gasteiger partial charge on any atom is -0.481 e. The van der Waals surface area contributed by atoms with Crippen LogP contribution >= 0.6 is 0 Å². The number of rotatable bonds is 3. The summed E-state index contributed by atoms with van der Waals surface area (Å²) in [7, 11) is 0. The van der Waals surface area contributed by atoms with Gasteiger partial charge in [0.05, 0.1) is 11.6 Å². The summed E-state index contributed by atoms with van der Waals surface area (Å²) in [6, 6.07) is 1.21. The number of hydrogen-bond donors (Lipinski definition) is 2. The fourth-order valence-electron chi connectivity index (χ4n) is 2.66. The number of hydrogen-bond acceptors (Lipinski definition) is 4. The summed E-state index contributed by atoms with van der Waals surface area (Å²) in [6.45, 7) is 1.73. The van der Waals surface area contributed by atoms with Crippen molar-refractivity contribution < 1.29 is 19.2 Å². The van der Waals surface area contributed by atoms with E-state index in [1.165, 1.54) is 0 Å². The second-order valence-corrected chi connectivity index (χ2v) is 5.35. The first-order valence-corrected chi connectivity index (χ1v) is 7.05. The van der Waals surface area contributed by atoms with E-state index in [4.69, 9.17) is 4.52 Å². The molecule has 110 valence electrons. The van der Waals surface area contributed by atoms with Crippen molar-refractivity contribution in [1.82, 2.24) is 10.5 Å². The fourth-order valence-corrected chi connectivity index (χ4v) is 2.66. The standard InChI is InChI=1S/C14H20N2O4/c1-9-8-12(20-16-9)13(17)15-11-7-5-3-2-4-6-10(11)14(18)19/h8,10-11H,2-7H2,1H3,(H,15,17)(H,18,19). The average molecular weight is 280 g/mol. The van der Waals surface area contributed by atoms with Gasteiger partial charge in [-0.2, -0.15) is 0 Å². The molecule has 0 spiro atoms. The number of aliphatic carboxylic acids is 1. The van der Waals surface area contributed by atoms with Gasteiger partial charge in [-0.05, 0) is 19.8 Å². The number of nitrogens with zero attached hydrogens (tertiary/aromatic N) is 1. The fraction of sp³-hybridized carbons (Fsp3) is 0.643. The number of aryl methyl sites for hydroxylation is 1. The Morgan fingerprint density at radius 3 is 2.60 bits per heavy atom. The first-order valence-electron chi connectivity index (χ1n) is 7.05. The smallest absolute Gasteiger partial charge is 0.308 e. The molecular formula is C14H20N2O4. The van der Waals surface area contributed by atoms with Crippen LogP contribution in [0.2, 0.25) is 0 Å². The van der Waals surface area contributed by atoms with E-state index < -0.39 is 11.9 Å². The van der Waals surface area contributed by atoms with Crippen molar-refractivity contribution in [3.63, 3.8) is 0 Å². The zero-order chi connectivity index (χ0) is 14.5. The van der Waals surface area contributed by atoms with Gasteiger partial charge in [0.1, 0.15) is 0 Å². The van der Waals surface area contributed by atoms with E-state index in [0.717, 1.165) is 25.7 Å². The third kappa shape index (κ3) is 3.59. The highest BCUT2D eigenvalue weighted by molar-refractivity contribution is 5.92. The van der Waals surface area contributed by atoms with Gasteiger partial charge >= 0.3 is 5.97 Å². The second kappa shape index (κ2) is 6.54. The highest BCUT2D eigenvalue weighted by atomic mass is 16.5. The van der Waals surface area contributed by atoms with Crippen LogP contribution in [0.3, 0.4) is 0 Å². The molecule has 6 nitrogen and oxygen atoms in total. The molecule has 0 radical (unpaired) electrons. The van der Waals surface area contributed by atoms with Gasteiger partial charge in [0.2, 0.25) is 5.76 Å². The summed E-state index contributed by atoms with van der Waals surface area (Å²) in [4.78, 5) is 23.4. The van der Waals surface area contributed by atoms with Crippen LogP contribution in [0.25, 0.3) is 0 Å². The van der Waals surface area contributed by atoms with Crippen molar-refractivity contribution in [2.75, 3.05) is 0 Å². The Bertz CT molecular complexity index is 483. The predicted octanol–water partition coefficient (Wildman–Crippen LogP) is 2.14. The summed E-state index contributed by atoms with van der Waals surface area (Å²) in [5.41, 5.74) is 0.627. The maximum atomic E-state index is 12.1. The quantitative estimate of drug-likeness (QED) is 0.884. The van der Waals surface area contributed by atoms with Gasteiger partial charge in [-0.25, -0.2) is 0 Å². The Labute approximate surface area is 117 Å². The lowest BCUT2D eigenvalue weighted by atomic mass is 9.86. The van der Waals surface area contributed by atoms with Gasteiger partial charge < -0.3 is 14.9 Å². The molecule has 1 heterocycles. The van der Waals surface area contributed by atoms with E-state index in [-0.39, 0.29) is 17.7 Å². The van der Waals surface area contributed by atoms with E-state index in [2.05, 4.69) is 10.5 Å². The van der Waals surface area contributed by atoms with E-state index in [9.17, 15) is 14.7 Å². The van der Waals surface area contributed by atoms with Gasteiger partial charge in [0, 0.05) is 12.1 Å². The molecule has 0 bridgehead atoms. The number of carbonyl (C=O) groups excluding carboxylic acids is 1. The van der Waals surface area contributed by atoms with Gasteiger partial charge in [-0.1, -0.05) is 30.8 Å². The number of carboxylic acid groups (broad SMARTS) is 1. The largest absolute Gasteiger partial charge is 0.481 e. The number of carbonyl (C=O) groups is 2. The van der Waals surface area contributed by atoms with Crippen LogP contribution in [0, 0.1) is 12.8 Å². The molecule has 2 N–H and O–H groups in total. The molecule has 0 aliphatic heterocycles. The van der Waals surface area contributed by atoms with Crippen molar-refractivity contribution in [1.29, 1.82) is 0 Å². The molecule has 2 rings (SSSR count). The molecule has 1 aromatic rings. The third-order valence-electron chi connectivity index (χ3n) is 3.75. The molecule has 0 aromatic carbocycles. The zero-order valence-electron chi connectivity index (χ0n) is 11.6. The van der Waals surface area contributed by atoms with E-state index in [0.29, 0.717) is 18.5 Å². The maximum Gasteiger partial charge on any atom is 0.308 e. The summed E-state index contributed by atoms with van der Waals surface area (Å²) < 4.78 is 4.91. The summed E-state index contributed by atoms with van der Waals surface area (Å²) in [5, 5.41) is 15.8. The van der Waals surface area contributed by atoms with E-state index in [1.807, 2.05) is 0 Å². The molecule has 1 saturated carbocycles. The maximum absolute atomic E-state index is 12.1. The lowest BCUT2D eigenvalue weighted by Gasteiger charge is -2.26. The first kappa shape index (κ1) is 14.6. The van der Waals surface area contributed by atoms with Crippen LogP contribution < -0.4 is 5.32 Å². The Morgan fingerprint density at radius 1 is 1.30 bits per heavy atom. The van der Waals surface area contributed by atoms with Gasteiger partial charge in [0.15, 0.2) is 0 Å². The third-order valence-corrected chi connectivity index (χ3v) is 3.75. The normalized spacial score (nSPS) is 23.6. The molecule has 6 heteroatoms. The van der Waals surface area contributed by atoms with Gasteiger partial charge in [-0.15, -0.1) is 0 Å². The van der Waals surface area contributed by atoms with Crippen molar-refractivity contribution in [3.8, 4) is 0 Å². The molecule has 1 fully saturated rings. The second-order valence-electron chi connectivity index (χ2n) is 5.35. The predicted molar refractivity (Wildman–Crippen MR) is 71.3 cm³/mol. The first-order chi connectivity index (χ1) is 9.58. The van der Waals surface area contributed by atoms with E-state index in [1.54, 1.807) is 13.0 Å². The Balaban J connectivity index is 2.06. The molecule has 1 aliphatic carbocycles. The van der Waals surface area contributed by atoms with Crippen LogP contribution in [0.5, 0.6) is 0 Å². The minimum atomic E-state index is -0.842. The van der Waals surface area contributed by atoms with Crippen molar-refractivity contribution in [3.05, 3.63) is 17.5 Å². The highest BCUT2D eigenvalue weighted by Gasteiger charge is 2.30. The van der Waals surface area contributed by atoms with Crippen LogP contribution in [0.1, 0.15) is 54.8 Å². The van der Waals surface area contributed by atoms with Crippen molar-refractivity contribution >= 4 is 11.9 Å². The van der Waals surface area contributed by atoms with Crippen LogP contribution in [0.15, 0.2) is 10.6 Å². The molecular weight excluding hydrogens is 260 g/mol. The minimum absolute atomic E-state index is 0.133. The lowest BCUT2D eigenvalue weighted by Crippen LogP contribution is -2.43. The van der Waals surface area contributed by atoms with Crippen LogP contribution in [0.4, 0.5) is 0 Å². The Morgan fingerprint density at radius 2 is 2.00 bits per heavy atom. The van der Waals surface area contributed by atoms with E-state index >= 15 is 0 Å². The molecule has 20 heavy (non-hydrogen) atoms. The average Bonchev–Trinajstić information content (AvgIpc) is 2.79. The molecule has 2 unspecified atom stereocenters. The number of aromatic nitrogens is 1. The topological polar surface area (TPSA) is 92.4 Å². The summed E-state index contributed by atoms with van der Waals surface area (Å²) in [6.07, 6.45) is 5.27. The zero-order valence-corrected chi connectivity index (χ0v) is 11.6. The monoisotopic (exact) mass is 280 g/mol. The number of nitrogens with one attached hydrogen (secondary N) is 1. The van der Waals surface area contributed by atoms with Gasteiger partial charge in [0.25, 0.3) is 5.91 Å². The number of carboxylic acids is 1. The molecule has 2 atom stereocenters.